The fourth-order valence-corrected chi connectivity index (χ4v) is 4.26. The molecule has 1 saturated heterocycles. The van der Waals surface area contributed by atoms with E-state index in [1.54, 1.807) is 17.3 Å². The van der Waals surface area contributed by atoms with Crippen LogP contribution in [0.5, 0.6) is 0 Å². The molecule has 2 aliphatic rings. The van der Waals surface area contributed by atoms with E-state index in [-0.39, 0.29) is 12.1 Å². The molecule has 1 aromatic carbocycles. The van der Waals surface area contributed by atoms with Crippen molar-refractivity contribution in [3.05, 3.63) is 50.4 Å². The second-order valence-corrected chi connectivity index (χ2v) is 8.77. The summed E-state index contributed by atoms with van der Waals surface area (Å²) in [4.78, 5) is 18.5. The Kier molecular flexibility index (Phi) is 5.20. The van der Waals surface area contributed by atoms with E-state index < -0.39 is 17.7 Å². The molecule has 2 amide bonds. The molecule has 2 aromatic rings. The Labute approximate surface area is 166 Å². The van der Waals surface area contributed by atoms with Crippen LogP contribution in [0, 0.1) is 11.6 Å². The Bertz CT molecular complexity index is 867. The Morgan fingerprint density at radius 2 is 2.04 bits per heavy atom. The van der Waals surface area contributed by atoms with E-state index in [9.17, 15) is 13.6 Å². The summed E-state index contributed by atoms with van der Waals surface area (Å²) in [5, 5.41) is 6.24. The number of halogens is 3. The van der Waals surface area contributed by atoms with Crippen LogP contribution in [0.3, 0.4) is 0 Å². The standard InChI is InChI=1S/C17H15BrF2N4O2S/c18-15-6-21-16(27-15)9-26-13-7-23(8-13)17(25)24-14(1-2-22-24)10-3-11(19)5-12(20)4-10/h2-6,13-14H,1,7-9H2. The molecule has 1 fully saturated rings. The van der Waals surface area contributed by atoms with Crippen LogP contribution in [0.25, 0.3) is 0 Å². The lowest BCUT2D eigenvalue weighted by molar-refractivity contribution is -0.0505. The normalized spacial score (nSPS) is 19.6. The van der Waals surface area contributed by atoms with Gasteiger partial charge in [-0.2, -0.15) is 5.10 Å². The van der Waals surface area contributed by atoms with E-state index in [2.05, 4.69) is 26.0 Å². The number of rotatable bonds is 4. The number of amides is 2. The van der Waals surface area contributed by atoms with Gasteiger partial charge in [-0.25, -0.2) is 23.6 Å². The fraction of sp³-hybridized carbons (Fsp3) is 0.353. The quantitative estimate of drug-likeness (QED) is 0.699. The van der Waals surface area contributed by atoms with Crippen molar-refractivity contribution in [3.8, 4) is 0 Å². The number of thiazole rings is 1. The molecule has 1 atom stereocenters. The Hall–Kier alpha value is -1.91. The monoisotopic (exact) mass is 456 g/mol. The predicted molar refractivity (Wildman–Crippen MR) is 99.4 cm³/mol. The van der Waals surface area contributed by atoms with Crippen molar-refractivity contribution in [2.24, 2.45) is 5.10 Å². The number of hydrazone groups is 1. The number of urea groups is 1. The van der Waals surface area contributed by atoms with Crippen LogP contribution in [0.4, 0.5) is 13.6 Å². The van der Waals surface area contributed by atoms with Gasteiger partial charge in [0.1, 0.15) is 16.6 Å². The maximum absolute atomic E-state index is 13.5. The molecule has 0 saturated carbocycles. The van der Waals surface area contributed by atoms with Crippen LogP contribution >= 0.6 is 27.3 Å². The molecule has 0 N–H and O–H groups in total. The largest absolute Gasteiger partial charge is 0.367 e. The second kappa shape index (κ2) is 7.61. The number of nitrogens with zero attached hydrogens (tertiary/aromatic N) is 4. The molecule has 1 aromatic heterocycles. The zero-order chi connectivity index (χ0) is 19.0. The van der Waals surface area contributed by atoms with Crippen LogP contribution in [-0.2, 0) is 11.3 Å². The van der Waals surface area contributed by atoms with Gasteiger partial charge >= 0.3 is 6.03 Å². The van der Waals surface area contributed by atoms with Crippen molar-refractivity contribution >= 4 is 39.5 Å². The highest BCUT2D eigenvalue weighted by Crippen LogP contribution is 2.31. The molecule has 142 valence electrons. The predicted octanol–water partition coefficient (Wildman–Crippen LogP) is 3.94. The summed E-state index contributed by atoms with van der Waals surface area (Å²) in [7, 11) is 0. The SMILES string of the molecule is O=C(N1CC(OCc2ncc(Br)s2)C1)N1N=CCC1c1cc(F)cc(F)c1. The zero-order valence-electron chi connectivity index (χ0n) is 14.0. The number of likely N-dealkylation sites (tertiary alicyclic amines) is 1. The van der Waals surface area contributed by atoms with Crippen molar-refractivity contribution in [2.45, 2.75) is 25.2 Å². The number of ether oxygens (including phenoxy) is 1. The number of hydrogen-bond donors (Lipinski definition) is 0. The summed E-state index contributed by atoms with van der Waals surface area (Å²) in [5.41, 5.74) is 0.390. The van der Waals surface area contributed by atoms with Gasteiger partial charge in [0.15, 0.2) is 0 Å². The van der Waals surface area contributed by atoms with Crippen molar-refractivity contribution in [1.82, 2.24) is 14.9 Å². The van der Waals surface area contributed by atoms with Gasteiger partial charge in [-0.3, -0.25) is 0 Å². The fourth-order valence-electron chi connectivity index (χ4n) is 3.03. The topological polar surface area (TPSA) is 58.0 Å². The summed E-state index contributed by atoms with van der Waals surface area (Å²) >= 11 is 4.86. The van der Waals surface area contributed by atoms with Crippen LogP contribution in [0.2, 0.25) is 0 Å². The van der Waals surface area contributed by atoms with Gasteiger partial charge in [-0.05, 0) is 33.6 Å². The van der Waals surface area contributed by atoms with Crippen molar-refractivity contribution in [3.63, 3.8) is 0 Å². The van der Waals surface area contributed by atoms with Gasteiger partial charge in [0.2, 0.25) is 0 Å². The van der Waals surface area contributed by atoms with Gasteiger partial charge in [0.05, 0.1) is 41.8 Å². The first-order valence-electron chi connectivity index (χ1n) is 8.28. The summed E-state index contributed by atoms with van der Waals surface area (Å²) in [5.74, 6) is -1.34. The molecule has 6 nitrogen and oxygen atoms in total. The molecule has 2 aliphatic heterocycles. The molecule has 0 radical (unpaired) electrons. The van der Waals surface area contributed by atoms with E-state index in [0.29, 0.717) is 31.7 Å². The van der Waals surface area contributed by atoms with E-state index in [4.69, 9.17) is 4.74 Å². The zero-order valence-corrected chi connectivity index (χ0v) is 16.4. The number of carbonyl (C=O) groups is 1. The lowest BCUT2D eigenvalue weighted by Gasteiger charge is -2.40. The van der Waals surface area contributed by atoms with Gasteiger partial charge in [-0.15, -0.1) is 11.3 Å². The first kappa shape index (κ1) is 18.5. The average Bonchev–Trinajstić information content (AvgIpc) is 3.21. The van der Waals surface area contributed by atoms with Gasteiger partial charge in [0.25, 0.3) is 0 Å². The molecule has 10 heteroatoms. The number of hydrogen-bond acceptors (Lipinski definition) is 5. The maximum atomic E-state index is 13.5. The minimum absolute atomic E-state index is 0.0618. The molecule has 0 spiro atoms. The molecular weight excluding hydrogens is 442 g/mol. The second-order valence-electron chi connectivity index (χ2n) is 6.28. The third kappa shape index (κ3) is 4.02. The van der Waals surface area contributed by atoms with Crippen molar-refractivity contribution in [1.29, 1.82) is 0 Å². The van der Waals surface area contributed by atoms with Crippen LogP contribution in [0.1, 0.15) is 23.0 Å². The molecule has 0 aliphatic carbocycles. The maximum Gasteiger partial charge on any atom is 0.341 e. The Morgan fingerprint density at radius 1 is 1.30 bits per heavy atom. The van der Waals surface area contributed by atoms with Crippen molar-refractivity contribution < 1.29 is 18.3 Å². The molecule has 27 heavy (non-hydrogen) atoms. The number of aromatic nitrogens is 1. The first-order chi connectivity index (χ1) is 13.0. The Balaban J connectivity index is 1.33. The summed E-state index contributed by atoms with van der Waals surface area (Å²) in [6.07, 6.45) is 3.66. The van der Waals surface area contributed by atoms with Crippen LogP contribution < -0.4 is 0 Å². The lowest BCUT2D eigenvalue weighted by atomic mass is 10.0. The molecular formula is C17H15BrF2N4O2S. The van der Waals surface area contributed by atoms with Gasteiger partial charge < -0.3 is 9.64 Å². The third-order valence-corrected chi connectivity index (χ3v) is 5.83. The van der Waals surface area contributed by atoms with Gasteiger partial charge in [-0.1, -0.05) is 0 Å². The smallest absolute Gasteiger partial charge is 0.341 e. The highest BCUT2D eigenvalue weighted by atomic mass is 79.9. The van der Waals surface area contributed by atoms with Crippen molar-refractivity contribution in [2.75, 3.05) is 13.1 Å². The number of carbonyl (C=O) groups excluding carboxylic acids is 1. The van der Waals surface area contributed by atoms with Gasteiger partial charge in [0, 0.05) is 18.7 Å². The van der Waals surface area contributed by atoms with Crippen LogP contribution in [-0.4, -0.2) is 46.3 Å². The summed E-state index contributed by atoms with van der Waals surface area (Å²) in [6, 6.07) is 2.48. The first-order valence-corrected chi connectivity index (χ1v) is 9.89. The molecule has 4 rings (SSSR count). The minimum Gasteiger partial charge on any atom is -0.367 e. The number of benzene rings is 1. The third-order valence-electron chi connectivity index (χ3n) is 4.38. The summed E-state index contributed by atoms with van der Waals surface area (Å²) < 4.78 is 33.7. The lowest BCUT2D eigenvalue weighted by Crippen LogP contribution is -2.57. The van der Waals surface area contributed by atoms with E-state index in [1.165, 1.54) is 28.5 Å². The van der Waals surface area contributed by atoms with E-state index in [1.807, 2.05) is 0 Å². The molecule has 3 heterocycles. The van der Waals surface area contributed by atoms with E-state index >= 15 is 0 Å². The molecule has 1 unspecified atom stereocenters. The highest BCUT2D eigenvalue weighted by Gasteiger charge is 2.38. The molecule has 0 bridgehead atoms. The minimum atomic E-state index is -0.671. The Morgan fingerprint density at radius 3 is 2.70 bits per heavy atom. The average molecular weight is 457 g/mol. The summed E-state index contributed by atoms with van der Waals surface area (Å²) in [6.45, 7) is 1.29. The van der Waals surface area contributed by atoms with Crippen LogP contribution in [0.15, 0.2) is 33.3 Å². The van der Waals surface area contributed by atoms with E-state index in [0.717, 1.165) is 14.9 Å². The highest BCUT2D eigenvalue weighted by molar-refractivity contribution is 9.11.